The molecular formula is C23H24N2O5S. The summed E-state index contributed by atoms with van der Waals surface area (Å²) in [5, 5.41) is 2.54. The van der Waals surface area contributed by atoms with Gasteiger partial charge in [-0.1, -0.05) is 6.07 Å². The number of hydrogen-bond acceptors (Lipinski definition) is 7. The summed E-state index contributed by atoms with van der Waals surface area (Å²) in [4.78, 5) is 19.4. The zero-order valence-corrected chi connectivity index (χ0v) is 18.5. The molecule has 0 bridgehead atoms. The van der Waals surface area contributed by atoms with Gasteiger partial charge in [0.25, 0.3) is 5.91 Å². The van der Waals surface area contributed by atoms with Crippen LogP contribution in [-0.2, 0) is 6.54 Å². The quantitative estimate of drug-likeness (QED) is 0.547. The SMILES string of the molecule is CCN(Cc1ccc2c(c1)OCCO2)C(=O)c1csc(-c2ccc(OC)c(OC)c2)n1. The molecule has 0 N–H and O–H groups in total. The molecule has 2 heterocycles. The maximum absolute atomic E-state index is 13.1. The molecule has 1 aromatic heterocycles. The lowest BCUT2D eigenvalue weighted by Crippen LogP contribution is -2.30. The Morgan fingerprint density at radius 3 is 2.58 bits per heavy atom. The summed E-state index contributed by atoms with van der Waals surface area (Å²) in [6.07, 6.45) is 0. The second kappa shape index (κ2) is 9.26. The number of ether oxygens (including phenoxy) is 4. The summed E-state index contributed by atoms with van der Waals surface area (Å²) >= 11 is 1.42. The predicted octanol–water partition coefficient (Wildman–Crippen LogP) is 4.26. The molecule has 8 heteroatoms. The Morgan fingerprint density at radius 1 is 1.06 bits per heavy atom. The Morgan fingerprint density at radius 2 is 1.84 bits per heavy atom. The van der Waals surface area contributed by atoms with Gasteiger partial charge in [0.05, 0.1) is 14.2 Å². The van der Waals surface area contributed by atoms with Gasteiger partial charge in [0.1, 0.15) is 23.9 Å². The number of rotatable bonds is 7. The third kappa shape index (κ3) is 4.44. The van der Waals surface area contributed by atoms with Crippen LogP contribution in [0, 0.1) is 0 Å². The van der Waals surface area contributed by atoms with Gasteiger partial charge in [0.2, 0.25) is 0 Å². The topological polar surface area (TPSA) is 70.1 Å². The molecule has 1 aliphatic heterocycles. The van der Waals surface area contributed by atoms with Crippen LogP contribution < -0.4 is 18.9 Å². The third-order valence-corrected chi connectivity index (χ3v) is 5.89. The highest BCUT2D eigenvalue weighted by molar-refractivity contribution is 7.13. The lowest BCUT2D eigenvalue weighted by Gasteiger charge is -2.22. The molecule has 0 radical (unpaired) electrons. The monoisotopic (exact) mass is 440 g/mol. The first-order valence-electron chi connectivity index (χ1n) is 9.98. The first kappa shape index (κ1) is 21.0. The third-order valence-electron chi connectivity index (χ3n) is 5.00. The summed E-state index contributed by atoms with van der Waals surface area (Å²) in [7, 11) is 3.19. The van der Waals surface area contributed by atoms with Crippen molar-refractivity contribution in [3.05, 3.63) is 53.0 Å². The molecule has 0 fully saturated rings. The molecule has 0 atom stereocenters. The van der Waals surface area contributed by atoms with Gasteiger partial charge >= 0.3 is 0 Å². The Kier molecular flexibility index (Phi) is 6.27. The first-order valence-corrected chi connectivity index (χ1v) is 10.9. The van der Waals surface area contributed by atoms with Gasteiger partial charge in [-0.15, -0.1) is 11.3 Å². The number of thiazole rings is 1. The lowest BCUT2D eigenvalue weighted by atomic mass is 10.1. The maximum atomic E-state index is 13.1. The molecule has 0 aliphatic carbocycles. The molecular weight excluding hydrogens is 416 g/mol. The van der Waals surface area contributed by atoms with Crippen LogP contribution >= 0.6 is 11.3 Å². The minimum Gasteiger partial charge on any atom is -0.493 e. The molecule has 0 spiro atoms. The summed E-state index contributed by atoms with van der Waals surface area (Å²) in [5.74, 6) is 2.62. The molecule has 7 nitrogen and oxygen atoms in total. The summed E-state index contributed by atoms with van der Waals surface area (Å²) in [6, 6.07) is 11.4. The van der Waals surface area contributed by atoms with Gasteiger partial charge in [0, 0.05) is 24.0 Å². The van der Waals surface area contributed by atoms with Crippen LogP contribution in [0.25, 0.3) is 10.6 Å². The number of aromatic nitrogens is 1. The Labute approximate surface area is 185 Å². The predicted molar refractivity (Wildman–Crippen MR) is 119 cm³/mol. The zero-order valence-electron chi connectivity index (χ0n) is 17.7. The average Bonchev–Trinajstić information content (AvgIpc) is 3.32. The molecule has 0 saturated carbocycles. The zero-order chi connectivity index (χ0) is 21.8. The molecule has 1 aliphatic rings. The molecule has 0 unspecified atom stereocenters. The van der Waals surface area contributed by atoms with Crippen molar-refractivity contribution in [3.63, 3.8) is 0 Å². The molecule has 1 amide bonds. The van der Waals surface area contributed by atoms with Crippen LogP contribution in [0.5, 0.6) is 23.0 Å². The second-order valence-electron chi connectivity index (χ2n) is 6.91. The van der Waals surface area contributed by atoms with E-state index in [9.17, 15) is 4.79 Å². The number of hydrogen-bond donors (Lipinski definition) is 0. The largest absolute Gasteiger partial charge is 0.493 e. The fourth-order valence-corrected chi connectivity index (χ4v) is 4.16. The van der Waals surface area contributed by atoms with Gasteiger partial charge in [0.15, 0.2) is 23.0 Å². The standard InChI is InChI=1S/C23H24N2O5S/c1-4-25(13-15-5-7-19-21(11-15)30-10-9-29-19)23(26)17-14-31-22(24-17)16-6-8-18(27-2)20(12-16)28-3/h5-8,11-12,14H,4,9-10,13H2,1-3H3. The fraction of sp³-hybridized carbons (Fsp3) is 0.304. The number of carbonyl (C=O) groups excluding carboxylic acids is 1. The van der Waals surface area contributed by atoms with Crippen LogP contribution in [0.2, 0.25) is 0 Å². The van der Waals surface area contributed by atoms with Gasteiger partial charge in [-0.05, 0) is 42.8 Å². The summed E-state index contributed by atoms with van der Waals surface area (Å²) in [5.41, 5.74) is 2.28. The van der Waals surface area contributed by atoms with Gasteiger partial charge in [-0.2, -0.15) is 0 Å². The highest BCUT2D eigenvalue weighted by Gasteiger charge is 2.20. The van der Waals surface area contributed by atoms with Crippen molar-refractivity contribution >= 4 is 17.2 Å². The molecule has 3 aromatic rings. The van der Waals surface area contributed by atoms with Crippen molar-refractivity contribution in [1.82, 2.24) is 9.88 Å². The van der Waals surface area contributed by atoms with Gasteiger partial charge in [-0.3, -0.25) is 4.79 Å². The van der Waals surface area contributed by atoms with Crippen LogP contribution in [0.15, 0.2) is 41.8 Å². The second-order valence-corrected chi connectivity index (χ2v) is 7.76. The van der Waals surface area contributed by atoms with Crippen LogP contribution in [0.1, 0.15) is 23.0 Å². The van der Waals surface area contributed by atoms with E-state index in [1.807, 2.05) is 43.3 Å². The van der Waals surface area contributed by atoms with Crippen molar-refractivity contribution in [2.24, 2.45) is 0 Å². The minimum atomic E-state index is -0.111. The maximum Gasteiger partial charge on any atom is 0.273 e. The molecule has 162 valence electrons. The van der Waals surface area contributed by atoms with E-state index in [1.165, 1.54) is 11.3 Å². The average molecular weight is 441 g/mol. The Balaban J connectivity index is 1.52. The number of fused-ring (bicyclic) bond motifs is 1. The molecule has 31 heavy (non-hydrogen) atoms. The van der Waals surface area contributed by atoms with Crippen molar-refractivity contribution in [3.8, 4) is 33.6 Å². The normalized spacial score (nSPS) is 12.4. The van der Waals surface area contributed by atoms with Crippen molar-refractivity contribution in [2.45, 2.75) is 13.5 Å². The number of amides is 1. The Bertz CT molecular complexity index is 1080. The van der Waals surface area contributed by atoms with E-state index < -0.39 is 0 Å². The van der Waals surface area contributed by atoms with E-state index in [2.05, 4.69) is 4.98 Å². The van der Waals surface area contributed by atoms with E-state index in [0.717, 1.165) is 27.6 Å². The lowest BCUT2D eigenvalue weighted by molar-refractivity contribution is 0.0747. The number of nitrogens with zero attached hydrogens (tertiary/aromatic N) is 2. The fourth-order valence-electron chi connectivity index (χ4n) is 3.37. The van der Waals surface area contributed by atoms with Crippen molar-refractivity contribution in [2.75, 3.05) is 34.0 Å². The van der Waals surface area contributed by atoms with E-state index >= 15 is 0 Å². The number of carbonyl (C=O) groups is 1. The van der Waals surface area contributed by atoms with E-state index in [0.29, 0.717) is 43.5 Å². The van der Waals surface area contributed by atoms with Crippen LogP contribution in [-0.4, -0.2) is 49.8 Å². The Hall–Kier alpha value is -3.26. The van der Waals surface area contributed by atoms with Crippen molar-refractivity contribution in [1.29, 1.82) is 0 Å². The van der Waals surface area contributed by atoms with E-state index in [4.69, 9.17) is 18.9 Å². The highest BCUT2D eigenvalue weighted by Crippen LogP contribution is 2.34. The van der Waals surface area contributed by atoms with Gasteiger partial charge in [-0.25, -0.2) is 4.98 Å². The smallest absolute Gasteiger partial charge is 0.273 e. The molecule has 2 aromatic carbocycles. The van der Waals surface area contributed by atoms with Crippen molar-refractivity contribution < 1.29 is 23.7 Å². The van der Waals surface area contributed by atoms with E-state index in [1.54, 1.807) is 24.5 Å². The van der Waals surface area contributed by atoms with E-state index in [-0.39, 0.29) is 5.91 Å². The van der Waals surface area contributed by atoms with Crippen LogP contribution in [0.3, 0.4) is 0 Å². The minimum absolute atomic E-state index is 0.111. The molecule has 0 saturated heterocycles. The summed E-state index contributed by atoms with van der Waals surface area (Å²) in [6.45, 7) is 4.08. The first-order chi connectivity index (χ1) is 15.1. The number of methoxy groups -OCH3 is 2. The highest BCUT2D eigenvalue weighted by atomic mass is 32.1. The summed E-state index contributed by atoms with van der Waals surface area (Å²) < 4.78 is 21.9. The number of benzene rings is 2. The van der Waals surface area contributed by atoms with Gasteiger partial charge < -0.3 is 23.8 Å². The van der Waals surface area contributed by atoms with Crippen LogP contribution in [0.4, 0.5) is 0 Å². The molecule has 4 rings (SSSR count).